The van der Waals surface area contributed by atoms with E-state index < -0.39 is 0 Å². The molecule has 1 aromatic rings. The fraction of sp³-hybridized carbons (Fsp3) is 0.700. The standard InChI is InChI=1S/C20H29N3O2S2/c1-14-6-13-26-17(14)20-23(18(24)15(2)27-20)12-9-21-7-10-22(11-8-21)19(25)16-4-3-5-16/h6,13,15-16,20H,3-5,7-12H2,1-2H3/t15-,20+/m0/s1. The van der Waals surface area contributed by atoms with Crippen LogP contribution in [0.3, 0.4) is 0 Å². The summed E-state index contributed by atoms with van der Waals surface area (Å²) >= 11 is 3.53. The van der Waals surface area contributed by atoms with Crippen molar-refractivity contribution in [3.8, 4) is 0 Å². The van der Waals surface area contributed by atoms with Crippen molar-refractivity contribution >= 4 is 34.9 Å². The third-order valence-electron chi connectivity index (χ3n) is 6.17. The lowest BCUT2D eigenvalue weighted by Crippen LogP contribution is -2.52. The van der Waals surface area contributed by atoms with Crippen LogP contribution < -0.4 is 0 Å². The zero-order valence-corrected chi connectivity index (χ0v) is 17.9. The number of thiophene rings is 1. The van der Waals surface area contributed by atoms with Crippen LogP contribution in [0.5, 0.6) is 0 Å². The van der Waals surface area contributed by atoms with E-state index in [1.165, 1.54) is 16.9 Å². The molecular weight excluding hydrogens is 378 g/mol. The van der Waals surface area contributed by atoms with Gasteiger partial charge in [-0.25, -0.2) is 0 Å². The predicted molar refractivity (Wildman–Crippen MR) is 111 cm³/mol. The molecule has 2 atom stereocenters. The molecule has 2 saturated heterocycles. The van der Waals surface area contributed by atoms with Gasteiger partial charge in [0.05, 0.1) is 5.25 Å². The summed E-state index contributed by atoms with van der Waals surface area (Å²) in [6.45, 7) is 9.34. The molecule has 1 aromatic heterocycles. The van der Waals surface area contributed by atoms with E-state index in [4.69, 9.17) is 0 Å². The molecule has 5 nitrogen and oxygen atoms in total. The minimum Gasteiger partial charge on any atom is -0.340 e. The van der Waals surface area contributed by atoms with Gasteiger partial charge in [0.1, 0.15) is 5.37 Å². The SMILES string of the molecule is Cc1ccsc1[C@H]1S[C@@H](C)C(=O)N1CCN1CCN(C(=O)C2CCC2)CC1. The summed E-state index contributed by atoms with van der Waals surface area (Å²) < 4.78 is 0. The molecule has 0 N–H and O–H groups in total. The van der Waals surface area contributed by atoms with Crippen LogP contribution in [0.15, 0.2) is 11.4 Å². The molecule has 0 unspecified atom stereocenters. The fourth-order valence-electron chi connectivity index (χ4n) is 4.10. The van der Waals surface area contributed by atoms with Gasteiger partial charge in [-0.2, -0.15) is 0 Å². The second-order valence-corrected chi connectivity index (χ2v) is 10.3. The number of hydrogen-bond donors (Lipinski definition) is 0. The number of carbonyl (C=O) groups excluding carboxylic acids is 2. The third-order valence-corrected chi connectivity index (χ3v) is 8.75. The highest BCUT2D eigenvalue weighted by Crippen LogP contribution is 2.45. The average Bonchev–Trinajstić information content (AvgIpc) is 3.16. The van der Waals surface area contributed by atoms with Gasteiger partial charge in [0.2, 0.25) is 11.8 Å². The Kier molecular flexibility index (Phi) is 5.81. The zero-order valence-electron chi connectivity index (χ0n) is 16.2. The molecule has 0 aromatic carbocycles. The van der Waals surface area contributed by atoms with E-state index in [1.807, 2.05) is 6.92 Å². The Morgan fingerprint density at radius 3 is 2.52 bits per heavy atom. The van der Waals surface area contributed by atoms with Crippen LogP contribution in [0, 0.1) is 12.8 Å². The number of hydrogen-bond acceptors (Lipinski definition) is 5. The molecule has 148 valence electrons. The molecule has 0 radical (unpaired) electrons. The molecule has 1 aliphatic carbocycles. The normalized spacial score (nSPS) is 27.3. The first-order valence-electron chi connectivity index (χ1n) is 10.1. The second-order valence-electron chi connectivity index (χ2n) is 7.92. The lowest BCUT2D eigenvalue weighted by Gasteiger charge is -2.38. The Labute approximate surface area is 170 Å². The van der Waals surface area contributed by atoms with Crippen LogP contribution in [0.2, 0.25) is 0 Å². The lowest BCUT2D eigenvalue weighted by atomic mass is 9.84. The smallest absolute Gasteiger partial charge is 0.236 e. The quantitative estimate of drug-likeness (QED) is 0.753. The van der Waals surface area contributed by atoms with Gasteiger partial charge in [-0.15, -0.1) is 23.1 Å². The first-order chi connectivity index (χ1) is 13.0. The predicted octanol–water partition coefficient (Wildman–Crippen LogP) is 2.96. The molecule has 0 spiro atoms. The summed E-state index contributed by atoms with van der Waals surface area (Å²) in [7, 11) is 0. The van der Waals surface area contributed by atoms with Gasteiger partial charge in [-0.3, -0.25) is 14.5 Å². The van der Waals surface area contributed by atoms with Crippen molar-refractivity contribution in [1.29, 1.82) is 0 Å². The minimum atomic E-state index is 0.0356. The molecule has 27 heavy (non-hydrogen) atoms. The summed E-state index contributed by atoms with van der Waals surface area (Å²) in [6, 6.07) is 2.14. The number of aryl methyl sites for hydroxylation is 1. The van der Waals surface area contributed by atoms with Crippen molar-refractivity contribution in [1.82, 2.24) is 14.7 Å². The van der Waals surface area contributed by atoms with Crippen molar-refractivity contribution < 1.29 is 9.59 Å². The lowest BCUT2D eigenvalue weighted by molar-refractivity contribution is -0.139. The van der Waals surface area contributed by atoms with Crippen molar-refractivity contribution in [3.05, 3.63) is 21.9 Å². The van der Waals surface area contributed by atoms with Gasteiger partial charge in [-0.05, 0) is 43.7 Å². The van der Waals surface area contributed by atoms with E-state index in [9.17, 15) is 9.59 Å². The molecule has 2 aliphatic heterocycles. The summed E-state index contributed by atoms with van der Waals surface area (Å²) in [5.74, 6) is 0.928. The van der Waals surface area contributed by atoms with Crippen molar-refractivity contribution in [2.24, 2.45) is 5.92 Å². The second kappa shape index (κ2) is 8.13. The first kappa shape index (κ1) is 19.3. The molecular formula is C20H29N3O2S2. The van der Waals surface area contributed by atoms with Crippen LogP contribution in [0.25, 0.3) is 0 Å². The van der Waals surface area contributed by atoms with E-state index in [2.05, 4.69) is 33.1 Å². The van der Waals surface area contributed by atoms with Crippen LogP contribution in [-0.2, 0) is 9.59 Å². The maximum absolute atomic E-state index is 12.7. The Morgan fingerprint density at radius 1 is 1.19 bits per heavy atom. The highest BCUT2D eigenvalue weighted by molar-refractivity contribution is 8.01. The topological polar surface area (TPSA) is 43.9 Å². The molecule has 2 amide bonds. The monoisotopic (exact) mass is 407 g/mol. The van der Waals surface area contributed by atoms with E-state index in [1.54, 1.807) is 23.1 Å². The largest absolute Gasteiger partial charge is 0.340 e. The van der Waals surface area contributed by atoms with Gasteiger partial charge >= 0.3 is 0 Å². The molecule has 3 heterocycles. The summed E-state index contributed by atoms with van der Waals surface area (Å²) in [5.41, 5.74) is 1.28. The van der Waals surface area contributed by atoms with Crippen LogP contribution in [0.4, 0.5) is 0 Å². The van der Waals surface area contributed by atoms with Crippen molar-refractivity contribution in [2.45, 2.75) is 43.7 Å². The van der Waals surface area contributed by atoms with E-state index in [0.29, 0.717) is 11.8 Å². The van der Waals surface area contributed by atoms with Crippen LogP contribution >= 0.6 is 23.1 Å². The number of nitrogens with zero attached hydrogens (tertiary/aromatic N) is 3. The van der Waals surface area contributed by atoms with Crippen molar-refractivity contribution in [3.63, 3.8) is 0 Å². The van der Waals surface area contributed by atoms with Crippen LogP contribution in [-0.4, -0.2) is 71.0 Å². The Balaban J connectivity index is 1.30. The molecule has 3 aliphatic rings. The molecule has 0 bridgehead atoms. The summed E-state index contributed by atoms with van der Waals surface area (Å²) in [6.07, 6.45) is 3.37. The van der Waals surface area contributed by atoms with Gasteiger partial charge in [-0.1, -0.05) is 6.42 Å². The van der Waals surface area contributed by atoms with Gasteiger partial charge in [0.25, 0.3) is 0 Å². The summed E-state index contributed by atoms with van der Waals surface area (Å²) in [5, 5.41) is 2.32. The van der Waals surface area contributed by atoms with Crippen molar-refractivity contribution in [2.75, 3.05) is 39.3 Å². The Morgan fingerprint density at radius 2 is 1.93 bits per heavy atom. The highest BCUT2D eigenvalue weighted by atomic mass is 32.2. The van der Waals surface area contributed by atoms with E-state index in [-0.39, 0.29) is 16.5 Å². The zero-order chi connectivity index (χ0) is 19.0. The number of piperazine rings is 1. The molecule has 1 saturated carbocycles. The van der Waals surface area contributed by atoms with E-state index >= 15 is 0 Å². The van der Waals surface area contributed by atoms with Crippen LogP contribution in [0.1, 0.15) is 42.0 Å². The first-order valence-corrected chi connectivity index (χ1v) is 11.9. The molecule has 7 heteroatoms. The van der Waals surface area contributed by atoms with Gasteiger partial charge < -0.3 is 9.80 Å². The minimum absolute atomic E-state index is 0.0356. The number of thioether (sulfide) groups is 1. The highest BCUT2D eigenvalue weighted by Gasteiger charge is 2.39. The fourth-order valence-corrected chi connectivity index (χ4v) is 6.65. The Bertz CT molecular complexity index is 695. The Hall–Kier alpha value is -1.05. The molecule has 3 fully saturated rings. The maximum Gasteiger partial charge on any atom is 0.236 e. The number of carbonyl (C=O) groups is 2. The maximum atomic E-state index is 12.7. The molecule has 4 rings (SSSR count). The number of rotatable bonds is 5. The average molecular weight is 408 g/mol. The van der Waals surface area contributed by atoms with Gasteiger partial charge in [0, 0.05) is 50.1 Å². The summed E-state index contributed by atoms with van der Waals surface area (Å²) in [4.78, 5) is 32.9. The number of amides is 2. The van der Waals surface area contributed by atoms with Gasteiger partial charge in [0.15, 0.2) is 0 Å². The van der Waals surface area contributed by atoms with E-state index in [0.717, 1.165) is 52.1 Å². The third kappa shape index (κ3) is 3.91.